The van der Waals surface area contributed by atoms with Crippen LogP contribution in [0.1, 0.15) is 64.7 Å². The maximum Gasteiger partial charge on any atom is 0.220 e. The second-order valence-corrected chi connectivity index (χ2v) is 6.50. The van der Waals surface area contributed by atoms with Crippen molar-refractivity contribution in [2.75, 3.05) is 6.54 Å². The van der Waals surface area contributed by atoms with Crippen molar-refractivity contribution in [3.05, 3.63) is 0 Å². The molecule has 0 aromatic heterocycles. The molecule has 1 unspecified atom stereocenters. The van der Waals surface area contributed by atoms with Crippen LogP contribution in [0.2, 0.25) is 0 Å². The van der Waals surface area contributed by atoms with Crippen LogP contribution in [0.5, 0.6) is 0 Å². The van der Waals surface area contributed by atoms with Crippen molar-refractivity contribution in [2.45, 2.75) is 69.5 Å². The molecule has 0 aliphatic heterocycles. The standard InChI is InChI=1S/C14H26BrNO/c1-2-13(15)9-10-16-14(17)11-12-7-5-3-4-6-8-12/h12-13H,2-11H2,1H3,(H,16,17). The van der Waals surface area contributed by atoms with Crippen LogP contribution in [0.15, 0.2) is 0 Å². The monoisotopic (exact) mass is 303 g/mol. The molecule has 1 aliphatic rings. The number of hydrogen-bond acceptors (Lipinski definition) is 1. The Kier molecular flexibility index (Phi) is 7.91. The highest BCUT2D eigenvalue weighted by atomic mass is 79.9. The summed E-state index contributed by atoms with van der Waals surface area (Å²) in [5, 5.41) is 3.05. The van der Waals surface area contributed by atoms with E-state index in [1.807, 2.05) is 0 Å². The first-order valence-electron chi connectivity index (χ1n) is 7.13. The van der Waals surface area contributed by atoms with Crippen molar-refractivity contribution in [2.24, 2.45) is 5.92 Å². The molecule has 2 nitrogen and oxygen atoms in total. The highest BCUT2D eigenvalue weighted by Gasteiger charge is 2.15. The van der Waals surface area contributed by atoms with E-state index in [1.165, 1.54) is 38.5 Å². The maximum absolute atomic E-state index is 11.8. The molecule has 1 aliphatic carbocycles. The molecule has 1 rings (SSSR count). The van der Waals surface area contributed by atoms with Crippen LogP contribution in [-0.2, 0) is 4.79 Å². The van der Waals surface area contributed by atoms with Crippen LogP contribution < -0.4 is 5.32 Å². The van der Waals surface area contributed by atoms with Crippen LogP contribution in [0, 0.1) is 5.92 Å². The van der Waals surface area contributed by atoms with E-state index in [0.717, 1.165) is 25.8 Å². The Labute approximate surface area is 114 Å². The largest absolute Gasteiger partial charge is 0.356 e. The zero-order chi connectivity index (χ0) is 12.5. The van der Waals surface area contributed by atoms with E-state index in [-0.39, 0.29) is 5.91 Å². The summed E-state index contributed by atoms with van der Waals surface area (Å²) in [5.74, 6) is 0.899. The number of carbonyl (C=O) groups excluding carboxylic acids is 1. The summed E-state index contributed by atoms with van der Waals surface area (Å²) < 4.78 is 0. The number of nitrogens with one attached hydrogen (secondary N) is 1. The fourth-order valence-electron chi connectivity index (χ4n) is 2.47. The summed E-state index contributed by atoms with van der Waals surface area (Å²) in [7, 11) is 0. The quantitative estimate of drug-likeness (QED) is 0.582. The Morgan fingerprint density at radius 3 is 2.53 bits per heavy atom. The van der Waals surface area contributed by atoms with Gasteiger partial charge in [0.05, 0.1) is 0 Å². The molecule has 0 heterocycles. The summed E-state index contributed by atoms with van der Waals surface area (Å²) in [6, 6.07) is 0. The smallest absolute Gasteiger partial charge is 0.220 e. The lowest BCUT2D eigenvalue weighted by atomic mass is 9.96. The Bertz CT molecular complexity index is 212. The van der Waals surface area contributed by atoms with Crippen molar-refractivity contribution >= 4 is 21.8 Å². The molecule has 1 N–H and O–H groups in total. The van der Waals surface area contributed by atoms with Gasteiger partial charge in [0.15, 0.2) is 0 Å². The minimum Gasteiger partial charge on any atom is -0.356 e. The van der Waals surface area contributed by atoms with Crippen molar-refractivity contribution in [1.29, 1.82) is 0 Å². The van der Waals surface area contributed by atoms with E-state index in [9.17, 15) is 4.79 Å². The molecule has 0 bridgehead atoms. The SMILES string of the molecule is CCC(Br)CCNC(=O)CC1CCCCCC1. The van der Waals surface area contributed by atoms with E-state index in [0.29, 0.717) is 10.7 Å². The van der Waals surface area contributed by atoms with Crippen molar-refractivity contribution < 1.29 is 4.79 Å². The Morgan fingerprint density at radius 1 is 1.29 bits per heavy atom. The second kappa shape index (κ2) is 8.96. The molecular weight excluding hydrogens is 278 g/mol. The van der Waals surface area contributed by atoms with Crippen molar-refractivity contribution in [3.63, 3.8) is 0 Å². The molecule has 0 aromatic rings. The van der Waals surface area contributed by atoms with Crippen LogP contribution in [0.4, 0.5) is 0 Å². The fraction of sp³-hybridized carbons (Fsp3) is 0.929. The minimum atomic E-state index is 0.257. The number of carbonyl (C=O) groups is 1. The second-order valence-electron chi connectivity index (χ2n) is 5.21. The van der Waals surface area contributed by atoms with Gasteiger partial charge in [-0.25, -0.2) is 0 Å². The van der Waals surface area contributed by atoms with Gasteiger partial charge >= 0.3 is 0 Å². The molecule has 1 amide bonds. The molecule has 0 saturated heterocycles. The van der Waals surface area contributed by atoms with Gasteiger partial charge in [-0.2, -0.15) is 0 Å². The maximum atomic E-state index is 11.8. The van der Waals surface area contributed by atoms with Crippen LogP contribution in [-0.4, -0.2) is 17.3 Å². The minimum absolute atomic E-state index is 0.257. The number of halogens is 1. The lowest BCUT2D eigenvalue weighted by Gasteiger charge is -2.14. The molecular formula is C14H26BrNO. The summed E-state index contributed by atoms with van der Waals surface area (Å²) in [6.07, 6.45) is 10.8. The van der Waals surface area contributed by atoms with Gasteiger partial charge in [-0.1, -0.05) is 48.5 Å². The van der Waals surface area contributed by atoms with E-state index >= 15 is 0 Å². The van der Waals surface area contributed by atoms with Crippen molar-refractivity contribution in [1.82, 2.24) is 5.32 Å². The number of amides is 1. The normalized spacial score (nSPS) is 19.6. The summed E-state index contributed by atoms with van der Waals surface area (Å²) >= 11 is 3.58. The van der Waals surface area contributed by atoms with Gasteiger partial charge in [0.2, 0.25) is 5.91 Å². The molecule has 1 atom stereocenters. The van der Waals surface area contributed by atoms with E-state index in [2.05, 4.69) is 28.2 Å². The number of hydrogen-bond donors (Lipinski definition) is 1. The third kappa shape index (κ3) is 7.07. The lowest BCUT2D eigenvalue weighted by molar-refractivity contribution is -0.122. The van der Waals surface area contributed by atoms with Crippen LogP contribution in [0.3, 0.4) is 0 Å². The molecule has 1 saturated carbocycles. The zero-order valence-electron chi connectivity index (χ0n) is 11.0. The van der Waals surface area contributed by atoms with Gasteiger partial charge in [0.25, 0.3) is 0 Å². The number of alkyl halides is 1. The highest BCUT2D eigenvalue weighted by Crippen LogP contribution is 2.25. The Balaban J connectivity index is 2.10. The average Bonchev–Trinajstić information content (AvgIpc) is 2.57. The molecule has 17 heavy (non-hydrogen) atoms. The predicted octanol–water partition coefficient (Wildman–Crippen LogP) is 4.03. The molecule has 0 aromatic carbocycles. The van der Waals surface area contributed by atoms with Crippen LogP contribution >= 0.6 is 15.9 Å². The molecule has 100 valence electrons. The fourth-order valence-corrected chi connectivity index (χ4v) is 2.70. The average molecular weight is 304 g/mol. The molecule has 3 heteroatoms. The molecule has 0 spiro atoms. The van der Waals surface area contributed by atoms with E-state index < -0.39 is 0 Å². The van der Waals surface area contributed by atoms with E-state index in [1.54, 1.807) is 0 Å². The van der Waals surface area contributed by atoms with Gasteiger partial charge in [0.1, 0.15) is 0 Å². The van der Waals surface area contributed by atoms with E-state index in [4.69, 9.17) is 0 Å². The lowest BCUT2D eigenvalue weighted by Crippen LogP contribution is -2.27. The predicted molar refractivity (Wildman–Crippen MR) is 76.4 cm³/mol. The zero-order valence-corrected chi connectivity index (χ0v) is 12.6. The Morgan fingerprint density at radius 2 is 1.94 bits per heavy atom. The van der Waals surface area contributed by atoms with Gasteiger partial charge in [0, 0.05) is 17.8 Å². The first-order chi connectivity index (χ1) is 8.22. The summed E-state index contributed by atoms with van der Waals surface area (Å²) in [5.41, 5.74) is 0. The molecule has 1 fully saturated rings. The summed E-state index contributed by atoms with van der Waals surface area (Å²) in [6.45, 7) is 2.97. The van der Waals surface area contributed by atoms with Gasteiger partial charge in [-0.15, -0.1) is 0 Å². The van der Waals surface area contributed by atoms with Gasteiger partial charge in [-0.05, 0) is 31.6 Å². The third-order valence-corrected chi connectivity index (χ3v) is 4.78. The van der Waals surface area contributed by atoms with Crippen molar-refractivity contribution in [3.8, 4) is 0 Å². The van der Waals surface area contributed by atoms with Crippen LogP contribution in [0.25, 0.3) is 0 Å². The van der Waals surface area contributed by atoms with Gasteiger partial charge in [-0.3, -0.25) is 4.79 Å². The Hall–Kier alpha value is -0.0500. The molecule has 0 radical (unpaired) electrons. The highest BCUT2D eigenvalue weighted by molar-refractivity contribution is 9.09. The van der Waals surface area contributed by atoms with Gasteiger partial charge < -0.3 is 5.32 Å². The first kappa shape index (κ1) is 15.0. The third-order valence-electron chi connectivity index (χ3n) is 3.67. The first-order valence-corrected chi connectivity index (χ1v) is 8.04. The topological polar surface area (TPSA) is 29.1 Å². The number of rotatable bonds is 6. The summed E-state index contributed by atoms with van der Waals surface area (Å²) in [4.78, 5) is 12.3.